The fraction of sp³-hybridized carbons (Fsp3) is 0.467. The Morgan fingerprint density at radius 1 is 1.26 bits per heavy atom. The van der Waals surface area contributed by atoms with Crippen LogP contribution in [-0.4, -0.2) is 54.8 Å². The maximum absolute atomic E-state index is 14.1. The second kappa shape index (κ2) is 9.86. The number of alkyl halides is 1. The molecule has 0 spiro atoms. The Morgan fingerprint density at radius 3 is 2.79 bits per heavy atom. The topological polar surface area (TPSA) is 91.7 Å². The van der Waals surface area contributed by atoms with Gasteiger partial charge in [-0.1, -0.05) is 26.0 Å². The van der Waals surface area contributed by atoms with Crippen LogP contribution in [0, 0.1) is 18.8 Å². The van der Waals surface area contributed by atoms with Gasteiger partial charge in [-0.2, -0.15) is 0 Å². The number of halogens is 1. The molecule has 6 rings (SSSR count). The molecule has 2 fully saturated rings. The molecule has 1 aliphatic heterocycles. The highest BCUT2D eigenvalue weighted by molar-refractivity contribution is 6.04. The third-order valence-corrected chi connectivity index (χ3v) is 8.63. The number of fused-ring (bicyclic) bond motifs is 1. The average molecular weight is 530 g/mol. The number of aromatic amines is 1. The number of pyridine rings is 1. The highest BCUT2D eigenvalue weighted by atomic mass is 19.1. The third kappa shape index (κ3) is 4.62. The van der Waals surface area contributed by atoms with Crippen molar-refractivity contribution in [2.75, 3.05) is 18.4 Å². The number of carbonyl (C=O) groups excluding carboxylic acids is 1. The van der Waals surface area contributed by atoms with Gasteiger partial charge in [0.25, 0.3) is 5.91 Å². The van der Waals surface area contributed by atoms with E-state index < -0.39 is 6.17 Å². The lowest BCUT2D eigenvalue weighted by atomic mass is 9.58. The molecule has 1 aromatic carbocycles. The first-order chi connectivity index (χ1) is 18.7. The molecule has 0 unspecified atom stereocenters. The van der Waals surface area contributed by atoms with Gasteiger partial charge in [-0.15, -0.1) is 10.2 Å². The first kappa shape index (κ1) is 25.7. The molecule has 0 radical (unpaired) electrons. The van der Waals surface area contributed by atoms with E-state index in [4.69, 9.17) is 4.98 Å². The third-order valence-electron chi connectivity index (χ3n) is 8.63. The van der Waals surface area contributed by atoms with E-state index in [0.717, 1.165) is 52.1 Å². The number of nitrogens with zero attached hydrogens (tertiary/aromatic N) is 5. The number of nitrogens with one attached hydrogen (secondary N) is 2. The van der Waals surface area contributed by atoms with Gasteiger partial charge in [0, 0.05) is 44.5 Å². The molecular weight excluding hydrogens is 493 g/mol. The van der Waals surface area contributed by atoms with Crippen molar-refractivity contribution < 1.29 is 9.18 Å². The largest absolute Gasteiger partial charge is 0.359 e. The summed E-state index contributed by atoms with van der Waals surface area (Å²) in [6.07, 6.45) is 5.44. The van der Waals surface area contributed by atoms with E-state index in [1.54, 1.807) is 6.33 Å². The Morgan fingerprint density at radius 2 is 2.08 bits per heavy atom. The number of carbonyl (C=O) groups is 1. The fourth-order valence-electron chi connectivity index (χ4n) is 6.61. The van der Waals surface area contributed by atoms with E-state index >= 15 is 0 Å². The summed E-state index contributed by atoms with van der Waals surface area (Å²) < 4.78 is 16.1. The molecule has 204 valence electrons. The number of piperidine rings is 1. The van der Waals surface area contributed by atoms with Crippen LogP contribution >= 0.6 is 0 Å². The summed E-state index contributed by atoms with van der Waals surface area (Å²) in [6.45, 7) is 8.25. The monoisotopic (exact) mass is 529 g/mol. The number of likely N-dealkylation sites (tertiary alicyclic amines) is 1. The van der Waals surface area contributed by atoms with E-state index in [0.29, 0.717) is 37.7 Å². The number of hydrogen-bond donors (Lipinski definition) is 2. The molecule has 2 atom stereocenters. The van der Waals surface area contributed by atoms with Crippen molar-refractivity contribution in [2.45, 2.75) is 58.2 Å². The zero-order chi connectivity index (χ0) is 27.3. The number of aryl methyl sites for hydroxylation is 2. The van der Waals surface area contributed by atoms with Gasteiger partial charge in [0.15, 0.2) is 0 Å². The van der Waals surface area contributed by atoms with Crippen LogP contribution in [0.3, 0.4) is 0 Å². The van der Waals surface area contributed by atoms with Crippen LogP contribution in [0.15, 0.2) is 42.9 Å². The van der Waals surface area contributed by atoms with E-state index in [1.165, 1.54) is 0 Å². The normalized spacial score (nSPS) is 25.5. The van der Waals surface area contributed by atoms with Gasteiger partial charge in [-0.3, -0.25) is 9.69 Å². The minimum absolute atomic E-state index is 0.00000372. The number of hydrogen-bond acceptors (Lipinski definition) is 5. The average Bonchev–Trinajstić information content (AvgIpc) is 3.50. The van der Waals surface area contributed by atoms with Gasteiger partial charge in [0.2, 0.25) is 0 Å². The lowest BCUT2D eigenvalue weighted by Gasteiger charge is -2.46. The Balaban J connectivity index is 1.28. The van der Waals surface area contributed by atoms with E-state index in [1.807, 2.05) is 49.9 Å². The summed E-state index contributed by atoms with van der Waals surface area (Å²) >= 11 is 0. The molecule has 2 N–H and O–H groups in total. The first-order valence-corrected chi connectivity index (χ1v) is 13.8. The van der Waals surface area contributed by atoms with Crippen LogP contribution < -0.4 is 5.32 Å². The Labute approximate surface area is 228 Å². The van der Waals surface area contributed by atoms with Gasteiger partial charge >= 0.3 is 0 Å². The standard InChI is InChI=1S/C30H36FN7O/c1-18-12-30(13-18,29-36-33-17-37(29)4)22-6-5-7-23(11-22)34-28(39)25-10-21(27-26(35-25)19(2)14-32-27)16-38-9-8-24(31)20(3)15-38/h5-7,10-11,14,17-18,20,24,32H,8-9,12-13,15-16H2,1-4H3,(H,34,39)/t18?,20-,24+,30?/m1/s1. The summed E-state index contributed by atoms with van der Waals surface area (Å²) in [5.41, 5.74) is 5.75. The predicted molar refractivity (Wildman–Crippen MR) is 149 cm³/mol. The van der Waals surface area contributed by atoms with Gasteiger partial charge < -0.3 is 14.9 Å². The van der Waals surface area contributed by atoms with E-state index in [2.05, 4.69) is 44.5 Å². The first-order valence-electron chi connectivity index (χ1n) is 13.8. The molecule has 8 nitrogen and oxygen atoms in total. The van der Waals surface area contributed by atoms with Gasteiger partial charge in [0.05, 0.1) is 16.4 Å². The van der Waals surface area contributed by atoms with E-state index in [-0.39, 0.29) is 17.2 Å². The fourth-order valence-corrected chi connectivity index (χ4v) is 6.61. The van der Waals surface area contributed by atoms with Crippen LogP contribution in [0.2, 0.25) is 0 Å². The predicted octanol–water partition coefficient (Wildman–Crippen LogP) is 5.15. The molecule has 0 bridgehead atoms. The number of rotatable bonds is 6. The molecule has 2 aliphatic rings. The second-order valence-electron chi connectivity index (χ2n) is 11.8. The van der Waals surface area contributed by atoms with Crippen molar-refractivity contribution in [3.8, 4) is 0 Å². The van der Waals surface area contributed by atoms with Crippen LogP contribution in [0.25, 0.3) is 11.0 Å². The summed E-state index contributed by atoms with van der Waals surface area (Å²) in [7, 11) is 1.98. The molecule has 39 heavy (non-hydrogen) atoms. The molecule has 4 aromatic rings. The van der Waals surface area contributed by atoms with E-state index in [9.17, 15) is 9.18 Å². The zero-order valence-corrected chi connectivity index (χ0v) is 23.0. The number of benzene rings is 1. The molecule has 4 heterocycles. The van der Waals surface area contributed by atoms with Crippen molar-refractivity contribution in [3.63, 3.8) is 0 Å². The summed E-state index contributed by atoms with van der Waals surface area (Å²) in [5.74, 6) is 1.30. The Hall–Kier alpha value is -3.59. The maximum Gasteiger partial charge on any atom is 0.274 e. The number of anilines is 1. The highest BCUT2D eigenvalue weighted by Crippen LogP contribution is 2.51. The number of aromatic nitrogens is 5. The van der Waals surface area contributed by atoms with Crippen LogP contribution in [0.5, 0.6) is 0 Å². The summed E-state index contributed by atoms with van der Waals surface area (Å²) in [6, 6.07) is 9.95. The van der Waals surface area contributed by atoms with Crippen LogP contribution in [0.1, 0.15) is 66.1 Å². The Kier molecular flexibility index (Phi) is 6.49. The molecule has 1 saturated heterocycles. The minimum atomic E-state index is -0.750. The molecule has 1 aliphatic carbocycles. The lowest BCUT2D eigenvalue weighted by Crippen LogP contribution is -2.43. The smallest absolute Gasteiger partial charge is 0.274 e. The van der Waals surface area contributed by atoms with Crippen molar-refractivity contribution >= 4 is 22.6 Å². The van der Waals surface area contributed by atoms with Gasteiger partial charge in [-0.25, -0.2) is 9.37 Å². The van der Waals surface area contributed by atoms with Crippen molar-refractivity contribution in [1.82, 2.24) is 29.6 Å². The maximum atomic E-state index is 14.1. The molecule has 3 aromatic heterocycles. The van der Waals surface area contributed by atoms with Gasteiger partial charge in [-0.05, 0) is 67.0 Å². The minimum Gasteiger partial charge on any atom is -0.359 e. The lowest BCUT2D eigenvalue weighted by molar-refractivity contribution is 0.0928. The van der Waals surface area contributed by atoms with Crippen molar-refractivity contribution in [1.29, 1.82) is 0 Å². The van der Waals surface area contributed by atoms with Crippen molar-refractivity contribution in [3.05, 3.63) is 71.1 Å². The number of amides is 1. The van der Waals surface area contributed by atoms with Crippen LogP contribution in [-0.2, 0) is 19.0 Å². The second-order valence-corrected chi connectivity index (χ2v) is 11.8. The highest BCUT2D eigenvalue weighted by Gasteiger charge is 2.48. The SMILES string of the molecule is Cc1c[nH]c2c(CN3CC[C@H](F)[C@H](C)C3)cc(C(=O)Nc3cccc(C4(c5nncn5C)CC(C)C4)c3)nc12. The molecular formula is C30H36FN7O. The molecule has 1 amide bonds. The summed E-state index contributed by atoms with van der Waals surface area (Å²) in [5, 5.41) is 11.7. The quantitative estimate of drug-likeness (QED) is 0.361. The van der Waals surface area contributed by atoms with Crippen LogP contribution in [0.4, 0.5) is 10.1 Å². The molecule has 1 saturated carbocycles. The zero-order valence-electron chi connectivity index (χ0n) is 23.0. The van der Waals surface area contributed by atoms with Gasteiger partial charge in [0.1, 0.15) is 24.0 Å². The number of H-pyrrole nitrogens is 1. The molecule has 9 heteroatoms. The van der Waals surface area contributed by atoms with Crippen molar-refractivity contribution in [2.24, 2.45) is 18.9 Å². The Bertz CT molecular complexity index is 1520. The summed E-state index contributed by atoms with van der Waals surface area (Å²) in [4.78, 5) is 23.9.